The summed E-state index contributed by atoms with van der Waals surface area (Å²) in [4.78, 5) is 19.6. The molecule has 5 nitrogen and oxygen atoms in total. The predicted octanol–water partition coefficient (Wildman–Crippen LogP) is 0.809. The molecule has 0 aromatic rings. The predicted molar refractivity (Wildman–Crippen MR) is 57.7 cm³/mol. The first kappa shape index (κ1) is 16.5. The molecule has 0 aromatic heterocycles. The minimum atomic E-state index is -1.06. The van der Waals surface area contributed by atoms with Crippen molar-refractivity contribution in [1.29, 1.82) is 0 Å². The molecule has 0 heterocycles. The van der Waals surface area contributed by atoms with Crippen LogP contribution < -0.4 is 5.73 Å². The number of rotatable bonds is 4. The minimum Gasteiger partial charge on any atom is -0.480 e. The van der Waals surface area contributed by atoms with Crippen LogP contribution in [0.2, 0.25) is 0 Å². The summed E-state index contributed by atoms with van der Waals surface area (Å²) in [7, 11) is 1.71. The molecule has 0 aromatic carbocycles. The molecule has 0 spiro atoms. The second kappa shape index (κ2) is 8.38. The molecule has 0 rings (SSSR count). The molecule has 0 radical (unpaired) electrons. The van der Waals surface area contributed by atoms with Gasteiger partial charge in [-0.2, -0.15) is 0 Å². The fraction of sp³-hybridized carbons (Fsp3) is 0.800. The van der Waals surface area contributed by atoms with E-state index in [0.29, 0.717) is 6.29 Å². The molecule has 15 heavy (non-hydrogen) atoms. The molecule has 0 amide bonds. The maximum Gasteiger partial charge on any atom is 0.320 e. The van der Waals surface area contributed by atoms with Gasteiger partial charge in [0.05, 0.1) is 5.60 Å². The third-order valence-corrected chi connectivity index (χ3v) is 1.53. The molecule has 0 aliphatic rings. The Balaban J connectivity index is 0. The standard InChI is InChI=1S/C5H9NO3.C5H12O/c6-4(5(8)9)2-1-3-7;1-5(2,3)6-4/h3-4H,1-2,6H2,(H,8,9);1-4H3. The van der Waals surface area contributed by atoms with Crippen LogP contribution in [-0.4, -0.2) is 36.1 Å². The summed E-state index contributed by atoms with van der Waals surface area (Å²) in [6.45, 7) is 6.06. The highest BCUT2D eigenvalue weighted by Gasteiger charge is 2.09. The van der Waals surface area contributed by atoms with Gasteiger partial charge in [0.25, 0.3) is 0 Å². The van der Waals surface area contributed by atoms with Crippen LogP contribution in [0.15, 0.2) is 0 Å². The van der Waals surface area contributed by atoms with Gasteiger partial charge in [-0.25, -0.2) is 0 Å². The number of carboxylic acid groups (broad SMARTS) is 1. The highest BCUT2D eigenvalue weighted by atomic mass is 16.5. The van der Waals surface area contributed by atoms with Crippen molar-refractivity contribution in [2.75, 3.05) is 7.11 Å². The maximum atomic E-state index is 9.96. The minimum absolute atomic E-state index is 0.0417. The molecular formula is C10H21NO4. The van der Waals surface area contributed by atoms with E-state index >= 15 is 0 Å². The second-order valence-electron chi connectivity index (χ2n) is 4.01. The number of methoxy groups -OCH3 is 1. The molecule has 0 bridgehead atoms. The van der Waals surface area contributed by atoms with Crippen molar-refractivity contribution in [1.82, 2.24) is 0 Å². The Hall–Kier alpha value is -0.940. The van der Waals surface area contributed by atoms with Gasteiger partial charge in [0.1, 0.15) is 12.3 Å². The number of aliphatic carboxylic acids is 1. The molecule has 0 saturated heterocycles. The molecule has 0 aliphatic heterocycles. The maximum absolute atomic E-state index is 9.96. The molecule has 1 unspecified atom stereocenters. The van der Waals surface area contributed by atoms with Crippen molar-refractivity contribution >= 4 is 12.3 Å². The summed E-state index contributed by atoms with van der Waals surface area (Å²) in [5.74, 6) is -1.06. The zero-order valence-corrected chi connectivity index (χ0v) is 9.82. The summed E-state index contributed by atoms with van der Waals surface area (Å²) in [6.07, 6.45) is 1.09. The van der Waals surface area contributed by atoms with Gasteiger partial charge in [-0.15, -0.1) is 0 Å². The van der Waals surface area contributed by atoms with E-state index in [1.165, 1.54) is 0 Å². The van der Waals surface area contributed by atoms with E-state index in [0.717, 1.165) is 0 Å². The zero-order chi connectivity index (χ0) is 12.5. The molecule has 90 valence electrons. The number of carboxylic acids is 1. The molecule has 1 atom stereocenters. The Bertz CT molecular complexity index is 186. The van der Waals surface area contributed by atoms with Crippen LogP contribution in [0.4, 0.5) is 0 Å². The van der Waals surface area contributed by atoms with Gasteiger partial charge >= 0.3 is 5.97 Å². The SMILES string of the molecule is COC(C)(C)C.NC(CCC=O)C(=O)O. The number of hydrogen-bond acceptors (Lipinski definition) is 4. The largest absolute Gasteiger partial charge is 0.480 e. The molecule has 3 N–H and O–H groups in total. The number of ether oxygens (including phenoxy) is 1. The number of nitrogens with two attached hydrogens (primary N) is 1. The molecular weight excluding hydrogens is 198 g/mol. The lowest BCUT2D eigenvalue weighted by molar-refractivity contribution is -0.138. The first-order chi connectivity index (χ1) is 6.74. The average molecular weight is 219 g/mol. The van der Waals surface area contributed by atoms with Crippen LogP contribution in [-0.2, 0) is 14.3 Å². The monoisotopic (exact) mass is 219 g/mol. The van der Waals surface area contributed by atoms with E-state index in [-0.39, 0.29) is 18.4 Å². The number of aldehydes is 1. The van der Waals surface area contributed by atoms with Gasteiger partial charge in [0.15, 0.2) is 0 Å². The number of carbonyl (C=O) groups is 2. The van der Waals surface area contributed by atoms with Crippen molar-refractivity contribution in [2.45, 2.75) is 45.3 Å². The topological polar surface area (TPSA) is 89.6 Å². The Kier molecular flexibility index (Phi) is 9.21. The van der Waals surface area contributed by atoms with Gasteiger partial charge in [-0.3, -0.25) is 4.79 Å². The lowest BCUT2D eigenvalue weighted by atomic mass is 10.2. The normalized spacial score (nSPS) is 12.3. The Morgan fingerprint density at radius 2 is 1.93 bits per heavy atom. The Morgan fingerprint density at radius 1 is 1.53 bits per heavy atom. The van der Waals surface area contributed by atoms with Crippen molar-refractivity contribution in [3.63, 3.8) is 0 Å². The van der Waals surface area contributed by atoms with E-state index in [9.17, 15) is 9.59 Å². The third-order valence-electron chi connectivity index (χ3n) is 1.53. The first-order valence-electron chi connectivity index (χ1n) is 4.71. The zero-order valence-electron chi connectivity index (χ0n) is 9.82. The fourth-order valence-electron chi connectivity index (χ4n) is 0.371. The molecule has 0 aliphatic carbocycles. The summed E-state index contributed by atoms with van der Waals surface area (Å²) in [5, 5.41) is 8.17. The first-order valence-corrected chi connectivity index (χ1v) is 4.71. The number of hydrogen-bond donors (Lipinski definition) is 2. The summed E-state index contributed by atoms with van der Waals surface area (Å²) in [5.41, 5.74) is 5.09. The molecule has 0 saturated carbocycles. The van der Waals surface area contributed by atoms with Crippen LogP contribution in [0.5, 0.6) is 0 Å². The average Bonchev–Trinajstić information content (AvgIpc) is 2.13. The van der Waals surface area contributed by atoms with Gasteiger partial charge in [-0.05, 0) is 27.2 Å². The van der Waals surface area contributed by atoms with E-state index in [1.807, 2.05) is 20.8 Å². The van der Waals surface area contributed by atoms with Gasteiger partial charge < -0.3 is 20.4 Å². The van der Waals surface area contributed by atoms with Crippen molar-refractivity contribution in [3.8, 4) is 0 Å². The quantitative estimate of drug-likeness (QED) is 0.683. The summed E-state index contributed by atoms with van der Waals surface area (Å²) < 4.78 is 4.94. The van der Waals surface area contributed by atoms with Gasteiger partial charge in [0, 0.05) is 13.5 Å². The highest BCUT2D eigenvalue weighted by molar-refractivity contribution is 5.73. The van der Waals surface area contributed by atoms with Gasteiger partial charge in [0.2, 0.25) is 0 Å². The highest BCUT2D eigenvalue weighted by Crippen LogP contribution is 2.02. The van der Waals surface area contributed by atoms with Crippen molar-refractivity contribution in [2.24, 2.45) is 5.73 Å². The van der Waals surface area contributed by atoms with Crippen LogP contribution in [0.25, 0.3) is 0 Å². The third kappa shape index (κ3) is 15.8. The smallest absolute Gasteiger partial charge is 0.320 e. The van der Waals surface area contributed by atoms with Crippen LogP contribution in [0.1, 0.15) is 33.6 Å². The van der Waals surface area contributed by atoms with E-state index in [1.54, 1.807) is 7.11 Å². The van der Waals surface area contributed by atoms with E-state index in [2.05, 4.69) is 0 Å². The van der Waals surface area contributed by atoms with Crippen LogP contribution in [0.3, 0.4) is 0 Å². The summed E-state index contributed by atoms with van der Waals surface area (Å²) >= 11 is 0. The van der Waals surface area contributed by atoms with Crippen molar-refractivity contribution < 1.29 is 19.4 Å². The molecule has 5 heteroatoms. The Labute approximate surface area is 90.6 Å². The van der Waals surface area contributed by atoms with Crippen LogP contribution in [0, 0.1) is 0 Å². The van der Waals surface area contributed by atoms with E-state index < -0.39 is 12.0 Å². The van der Waals surface area contributed by atoms with Crippen molar-refractivity contribution in [3.05, 3.63) is 0 Å². The molecule has 0 fully saturated rings. The van der Waals surface area contributed by atoms with Crippen LogP contribution >= 0.6 is 0 Å². The lowest BCUT2D eigenvalue weighted by Gasteiger charge is -2.14. The fourth-order valence-corrected chi connectivity index (χ4v) is 0.371. The number of carbonyl (C=O) groups excluding carboxylic acids is 1. The van der Waals surface area contributed by atoms with Gasteiger partial charge in [-0.1, -0.05) is 0 Å². The summed E-state index contributed by atoms with van der Waals surface area (Å²) in [6, 6.07) is -0.893. The Morgan fingerprint density at radius 3 is 2.13 bits per heavy atom. The second-order valence-corrected chi connectivity index (χ2v) is 4.01. The van der Waals surface area contributed by atoms with E-state index in [4.69, 9.17) is 15.6 Å². The lowest BCUT2D eigenvalue weighted by Crippen LogP contribution is -2.29.